The Bertz CT molecular complexity index is 521. The maximum Gasteiger partial charge on any atom is 0.226 e. The Morgan fingerprint density at radius 2 is 2.00 bits per heavy atom. The fourth-order valence-electron chi connectivity index (χ4n) is 3.77. The molecule has 3 nitrogen and oxygen atoms in total. The Labute approximate surface area is 151 Å². The predicted octanol–water partition coefficient (Wildman–Crippen LogP) is 4.29. The molecule has 1 unspecified atom stereocenters. The second-order valence-electron chi connectivity index (χ2n) is 6.69. The van der Waals surface area contributed by atoms with Crippen molar-refractivity contribution in [2.24, 2.45) is 23.5 Å². The summed E-state index contributed by atoms with van der Waals surface area (Å²) in [4.78, 5) is 14.9. The van der Waals surface area contributed by atoms with E-state index in [9.17, 15) is 4.79 Å². The monoisotopic (exact) mass is 358 g/mol. The van der Waals surface area contributed by atoms with E-state index >= 15 is 0 Å². The lowest BCUT2D eigenvalue weighted by atomic mass is 9.90. The third kappa shape index (κ3) is 4.40. The van der Waals surface area contributed by atoms with E-state index in [1.54, 1.807) is 0 Å². The van der Waals surface area contributed by atoms with Crippen LogP contribution in [0, 0.1) is 17.8 Å². The molecule has 1 aromatic rings. The van der Waals surface area contributed by atoms with Crippen LogP contribution >= 0.6 is 24.0 Å². The Morgan fingerprint density at radius 3 is 2.57 bits per heavy atom. The van der Waals surface area contributed by atoms with Gasteiger partial charge in [-0.15, -0.1) is 12.4 Å². The van der Waals surface area contributed by atoms with Gasteiger partial charge in [-0.1, -0.05) is 50.1 Å². The number of hydrogen-bond donors (Lipinski definition) is 1. The molecular weight excluding hydrogens is 331 g/mol. The Hall–Kier alpha value is -0.770. The molecule has 0 aromatic heterocycles. The number of benzene rings is 1. The Morgan fingerprint density at radius 1 is 1.35 bits per heavy atom. The molecule has 0 spiro atoms. The smallest absolute Gasteiger partial charge is 0.226 e. The van der Waals surface area contributed by atoms with Crippen LogP contribution in [-0.2, 0) is 4.79 Å². The Balaban J connectivity index is 0.00000264. The number of amides is 1. The van der Waals surface area contributed by atoms with E-state index in [-0.39, 0.29) is 30.3 Å². The van der Waals surface area contributed by atoms with Gasteiger partial charge in [-0.3, -0.25) is 4.79 Å². The molecule has 1 fully saturated rings. The molecule has 1 aliphatic rings. The molecule has 23 heavy (non-hydrogen) atoms. The molecule has 130 valence electrons. The van der Waals surface area contributed by atoms with Gasteiger partial charge in [0, 0.05) is 18.0 Å². The maximum atomic E-state index is 13.0. The Kier molecular flexibility index (Phi) is 7.85. The fourth-order valence-corrected chi connectivity index (χ4v) is 4.02. The molecule has 0 bridgehead atoms. The number of halogens is 2. The summed E-state index contributed by atoms with van der Waals surface area (Å²) in [7, 11) is 1.90. The maximum absolute atomic E-state index is 13.0. The van der Waals surface area contributed by atoms with Gasteiger partial charge in [0.15, 0.2) is 0 Å². The van der Waals surface area contributed by atoms with Crippen LogP contribution < -0.4 is 5.73 Å². The quantitative estimate of drug-likeness (QED) is 0.852. The van der Waals surface area contributed by atoms with Crippen LogP contribution in [0.25, 0.3) is 0 Å². The zero-order valence-electron chi connectivity index (χ0n) is 14.2. The number of carbonyl (C=O) groups is 1. The van der Waals surface area contributed by atoms with Gasteiger partial charge < -0.3 is 10.6 Å². The summed E-state index contributed by atoms with van der Waals surface area (Å²) in [6.45, 7) is 4.86. The molecule has 0 heterocycles. The van der Waals surface area contributed by atoms with E-state index in [0.29, 0.717) is 18.4 Å². The highest BCUT2D eigenvalue weighted by Gasteiger charge is 2.36. The van der Waals surface area contributed by atoms with E-state index in [0.717, 1.165) is 29.8 Å². The highest BCUT2D eigenvalue weighted by atomic mass is 35.5. The molecule has 2 rings (SSSR count). The third-order valence-corrected chi connectivity index (χ3v) is 5.24. The summed E-state index contributed by atoms with van der Waals surface area (Å²) in [6.07, 6.45) is 3.13. The van der Waals surface area contributed by atoms with Crippen molar-refractivity contribution in [1.82, 2.24) is 4.90 Å². The van der Waals surface area contributed by atoms with Crippen LogP contribution in [0.15, 0.2) is 24.3 Å². The van der Waals surface area contributed by atoms with Crippen LogP contribution in [0.4, 0.5) is 0 Å². The molecule has 1 amide bonds. The van der Waals surface area contributed by atoms with E-state index < -0.39 is 0 Å². The van der Waals surface area contributed by atoms with Crippen LogP contribution in [-0.4, -0.2) is 24.4 Å². The van der Waals surface area contributed by atoms with Crippen molar-refractivity contribution in [1.29, 1.82) is 0 Å². The highest BCUT2D eigenvalue weighted by Crippen LogP contribution is 2.37. The standard InChI is InChI=1S/C18H27ClN2O.ClH/c1-12(2)17(15-8-4-5-10-16(15)19)21(3)18(22)14-9-6-7-13(14)11-20;/h4-5,8,10,12-14,17H,6-7,9,11,20H2,1-3H3;1H/t13-,14-,17?;/m1./s1. The first-order valence-electron chi connectivity index (χ1n) is 8.18. The van der Waals surface area contributed by atoms with Gasteiger partial charge in [0.2, 0.25) is 5.91 Å². The summed E-state index contributed by atoms with van der Waals surface area (Å²) in [5, 5.41) is 0.725. The molecule has 1 aromatic carbocycles. The van der Waals surface area contributed by atoms with Gasteiger partial charge in [-0.05, 0) is 42.9 Å². The number of hydrogen-bond acceptors (Lipinski definition) is 2. The van der Waals surface area contributed by atoms with Gasteiger partial charge in [-0.25, -0.2) is 0 Å². The topological polar surface area (TPSA) is 46.3 Å². The summed E-state index contributed by atoms with van der Waals surface area (Å²) in [5.74, 6) is 0.908. The minimum Gasteiger partial charge on any atom is -0.338 e. The average molecular weight is 359 g/mol. The number of nitrogens with zero attached hydrogens (tertiary/aromatic N) is 1. The van der Waals surface area contributed by atoms with Gasteiger partial charge in [0.25, 0.3) is 0 Å². The molecule has 2 N–H and O–H groups in total. The van der Waals surface area contributed by atoms with Crippen molar-refractivity contribution >= 4 is 29.9 Å². The first kappa shape index (κ1) is 20.3. The fraction of sp³-hybridized carbons (Fsp3) is 0.611. The molecular formula is C18H28Cl2N2O. The van der Waals surface area contributed by atoms with Crippen molar-refractivity contribution in [3.63, 3.8) is 0 Å². The zero-order valence-corrected chi connectivity index (χ0v) is 15.7. The van der Waals surface area contributed by atoms with Gasteiger partial charge in [0.1, 0.15) is 0 Å². The van der Waals surface area contributed by atoms with Crippen molar-refractivity contribution < 1.29 is 4.79 Å². The van der Waals surface area contributed by atoms with Crippen LogP contribution in [0.1, 0.15) is 44.7 Å². The number of rotatable bonds is 5. The summed E-state index contributed by atoms with van der Waals surface area (Å²) >= 11 is 6.37. The lowest BCUT2D eigenvalue weighted by Crippen LogP contribution is -2.40. The van der Waals surface area contributed by atoms with Crippen molar-refractivity contribution in [2.45, 2.75) is 39.2 Å². The highest BCUT2D eigenvalue weighted by molar-refractivity contribution is 6.31. The van der Waals surface area contributed by atoms with Crippen LogP contribution in [0.2, 0.25) is 5.02 Å². The summed E-state index contributed by atoms with van der Waals surface area (Å²) in [5.41, 5.74) is 6.87. The summed E-state index contributed by atoms with van der Waals surface area (Å²) < 4.78 is 0. The molecule has 0 saturated heterocycles. The molecule has 1 aliphatic carbocycles. The SMILES string of the molecule is CC(C)C(c1ccccc1Cl)N(C)C(=O)[C@@H]1CCC[C@@H]1CN.Cl. The second-order valence-corrected chi connectivity index (χ2v) is 7.10. The third-order valence-electron chi connectivity index (χ3n) is 4.90. The van der Waals surface area contributed by atoms with Crippen molar-refractivity contribution in [2.75, 3.05) is 13.6 Å². The molecule has 0 aliphatic heterocycles. The average Bonchev–Trinajstić information content (AvgIpc) is 2.96. The minimum atomic E-state index is 0. The largest absolute Gasteiger partial charge is 0.338 e. The lowest BCUT2D eigenvalue weighted by molar-refractivity contribution is -0.138. The van der Waals surface area contributed by atoms with Gasteiger partial charge in [-0.2, -0.15) is 0 Å². The van der Waals surface area contributed by atoms with E-state index in [1.807, 2.05) is 36.2 Å². The van der Waals surface area contributed by atoms with E-state index in [1.165, 1.54) is 0 Å². The van der Waals surface area contributed by atoms with Gasteiger partial charge in [0.05, 0.1) is 6.04 Å². The lowest BCUT2D eigenvalue weighted by Gasteiger charge is -2.35. The first-order chi connectivity index (χ1) is 10.5. The molecule has 3 atom stereocenters. The van der Waals surface area contributed by atoms with E-state index in [2.05, 4.69) is 13.8 Å². The van der Waals surface area contributed by atoms with Crippen LogP contribution in [0.5, 0.6) is 0 Å². The molecule has 5 heteroatoms. The molecule has 0 radical (unpaired) electrons. The second kappa shape index (κ2) is 8.91. The van der Waals surface area contributed by atoms with E-state index in [4.69, 9.17) is 17.3 Å². The van der Waals surface area contributed by atoms with Gasteiger partial charge >= 0.3 is 0 Å². The minimum absolute atomic E-state index is 0. The molecule has 1 saturated carbocycles. The number of nitrogens with two attached hydrogens (primary N) is 1. The zero-order chi connectivity index (χ0) is 16.3. The summed E-state index contributed by atoms with van der Waals surface area (Å²) in [6, 6.07) is 7.81. The van der Waals surface area contributed by atoms with Crippen molar-refractivity contribution in [3.8, 4) is 0 Å². The predicted molar refractivity (Wildman–Crippen MR) is 98.9 cm³/mol. The van der Waals surface area contributed by atoms with Crippen molar-refractivity contribution in [3.05, 3.63) is 34.9 Å². The first-order valence-corrected chi connectivity index (χ1v) is 8.56. The van der Waals surface area contributed by atoms with Crippen LogP contribution in [0.3, 0.4) is 0 Å². The normalized spacial score (nSPS) is 21.8. The number of carbonyl (C=O) groups excluding carboxylic acids is 1.